The van der Waals surface area contributed by atoms with Gasteiger partial charge in [0.05, 0.1) is 12.7 Å². The molecule has 0 unspecified atom stereocenters. The van der Waals surface area contributed by atoms with Crippen molar-refractivity contribution in [3.05, 3.63) is 48.2 Å². The Bertz CT molecular complexity index is 789. The van der Waals surface area contributed by atoms with Crippen LogP contribution in [-0.2, 0) is 0 Å². The van der Waals surface area contributed by atoms with Gasteiger partial charge in [-0.15, -0.1) is 4.99 Å². The van der Waals surface area contributed by atoms with Crippen LogP contribution in [0.5, 0.6) is 5.75 Å². The molecule has 0 saturated carbocycles. The van der Waals surface area contributed by atoms with Gasteiger partial charge in [-0.3, -0.25) is 0 Å². The number of methoxy groups -OCH3 is 1. The Morgan fingerprint density at radius 2 is 2.08 bits per heavy atom. The number of carboxylic acid groups (broad SMARTS) is 1. The highest BCUT2D eigenvalue weighted by atomic mass is 16.5. The second kappa shape index (κ2) is 7.70. The molecule has 0 aliphatic rings. The van der Waals surface area contributed by atoms with Gasteiger partial charge in [-0.25, -0.2) is 20.1 Å². The number of nitrogens with two attached hydrogens (primary N) is 3. The van der Waals surface area contributed by atoms with Crippen LogP contribution in [0.15, 0.2) is 52.6 Å². The van der Waals surface area contributed by atoms with Crippen molar-refractivity contribution in [2.24, 2.45) is 21.5 Å². The summed E-state index contributed by atoms with van der Waals surface area (Å²) in [5, 5.41) is 10.6. The van der Waals surface area contributed by atoms with Gasteiger partial charge in [0.1, 0.15) is 11.4 Å². The van der Waals surface area contributed by atoms with E-state index in [1.165, 1.54) is 30.6 Å². The Morgan fingerprint density at radius 1 is 1.29 bits per heavy atom. The molecule has 0 radical (unpaired) electrons. The molecule has 1 aromatic heterocycles. The lowest BCUT2D eigenvalue weighted by Crippen LogP contribution is -2.85. The maximum absolute atomic E-state index is 11.0. The lowest BCUT2D eigenvalue weighted by Gasteiger charge is -2.05. The average Bonchev–Trinajstić information content (AvgIpc) is 2.55. The fourth-order valence-corrected chi connectivity index (χ4v) is 1.84. The number of pyridine rings is 1. The SMILES string of the molecule is COc1ccc(C(=O)O)cc1N=C(N)N=C(N)[NH2+]c1ccccn1. The summed E-state index contributed by atoms with van der Waals surface area (Å²) >= 11 is 0. The largest absolute Gasteiger partial charge is 0.494 e. The summed E-state index contributed by atoms with van der Waals surface area (Å²) in [7, 11) is 1.44. The highest BCUT2D eigenvalue weighted by Crippen LogP contribution is 2.28. The quantitative estimate of drug-likeness (QED) is 0.455. The van der Waals surface area contributed by atoms with Gasteiger partial charge >= 0.3 is 11.9 Å². The number of hydrogen-bond donors (Lipinski definition) is 4. The first-order valence-electron chi connectivity index (χ1n) is 6.85. The summed E-state index contributed by atoms with van der Waals surface area (Å²) in [5.41, 5.74) is 11.8. The van der Waals surface area contributed by atoms with Gasteiger partial charge < -0.3 is 21.3 Å². The number of carboxylic acids is 1. The van der Waals surface area contributed by atoms with Gasteiger partial charge in [0.15, 0.2) is 0 Å². The van der Waals surface area contributed by atoms with Crippen LogP contribution >= 0.6 is 0 Å². The molecule has 0 fully saturated rings. The molecule has 9 heteroatoms. The van der Waals surface area contributed by atoms with Crippen molar-refractivity contribution in [1.82, 2.24) is 4.98 Å². The average molecular weight is 329 g/mol. The molecule has 1 aromatic carbocycles. The van der Waals surface area contributed by atoms with Crippen LogP contribution in [0.25, 0.3) is 0 Å². The Hall–Kier alpha value is -3.46. The zero-order valence-corrected chi connectivity index (χ0v) is 12.9. The van der Waals surface area contributed by atoms with Crippen LogP contribution in [0.3, 0.4) is 0 Å². The molecule has 24 heavy (non-hydrogen) atoms. The van der Waals surface area contributed by atoms with Gasteiger partial charge in [0.2, 0.25) is 11.8 Å². The van der Waals surface area contributed by atoms with E-state index in [-0.39, 0.29) is 23.2 Å². The summed E-state index contributed by atoms with van der Waals surface area (Å²) in [6.07, 6.45) is 1.62. The number of aromatic carboxylic acids is 1. The van der Waals surface area contributed by atoms with Crippen molar-refractivity contribution in [2.75, 3.05) is 7.11 Å². The molecule has 0 spiro atoms. The normalized spacial score (nSPS) is 12.0. The summed E-state index contributed by atoms with van der Waals surface area (Å²) in [4.78, 5) is 23.1. The third-order valence-corrected chi connectivity index (χ3v) is 2.89. The highest BCUT2D eigenvalue weighted by molar-refractivity contribution is 5.93. The van der Waals surface area contributed by atoms with Crippen LogP contribution in [0.2, 0.25) is 0 Å². The van der Waals surface area contributed by atoms with Gasteiger partial charge in [-0.1, -0.05) is 6.07 Å². The topological polar surface area (TPSA) is 153 Å². The maximum atomic E-state index is 11.0. The molecular weight excluding hydrogens is 312 g/mol. The molecule has 0 aliphatic heterocycles. The van der Waals surface area contributed by atoms with E-state index in [0.29, 0.717) is 11.6 Å². The molecule has 0 atom stereocenters. The fraction of sp³-hybridized carbons (Fsp3) is 0.0667. The van der Waals surface area contributed by atoms with Crippen molar-refractivity contribution in [3.63, 3.8) is 0 Å². The molecule has 0 saturated heterocycles. The third kappa shape index (κ3) is 4.52. The van der Waals surface area contributed by atoms with Gasteiger partial charge in [-0.2, -0.15) is 0 Å². The Labute approximate surface area is 137 Å². The number of quaternary nitrogens is 1. The molecule has 0 bridgehead atoms. The lowest BCUT2D eigenvalue weighted by atomic mass is 10.2. The molecule has 2 rings (SSSR count). The number of ether oxygens (including phenoxy) is 1. The van der Waals surface area contributed by atoms with Crippen molar-refractivity contribution >= 4 is 29.4 Å². The van der Waals surface area contributed by atoms with E-state index in [2.05, 4.69) is 15.0 Å². The number of aromatic nitrogens is 1. The zero-order chi connectivity index (χ0) is 17.5. The van der Waals surface area contributed by atoms with Crippen LogP contribution in [0.4, 0.5) is 11.5 Å². The zero-order valence-electron chi connectivity index (χ0n) is 12.9. The number of rotatable bonds is 4. The van der Waals surface area contributed by atoms with Crippen molar-refractivity contribution in [2.45, 2.75) is 0 Å². The molecule has 9 nitrogen and oxygen atoms in total. The molecule has 0 aliphatic carbocycles. The molecule has 2 aromatic rings. The molecule has 0 amide bonds. The highest BCUT2D eigenvalue weighted by Gasteiger charge is 2.09. The third-order valence-electron chi connectivity index (χ3n) is 2.89. The first kappa shape index (κ1) is 16.9. The lowest BCUT2D eigenvalue weighted by molar-refractivity contribution is -0.450. The minimum atomic E-state index is -1.08. The minimum Gasteiger partial charge on any atom is -0.494 e. The van der Waals surface area contributed by atoms with E-state index in [1.807, 2.05) is 6.07 Å². The molecule has 124 valence electrons. The smallest absolute Gasteiger partial charge is 0.335 e. The number of hydrogen-bond acceptors (Lipinski definition) is 4. The number of carbonyl (C=O) groups is 1. The van der Waals surface area contributed by atoms with E-state index in [9.17, 15) is 4.79 Å². The summed E-state index contributed by atoms with van der Waals surface area (Å²) in [6.45, 7) is 0. The van der Waals surface area contributed by atoms with Crippen molar-refractivity contribution in [1.29, 1.82) is 0 Å². The van der Waals surface area contributed by atoms with E-state index in [0.717, 1.165) is 0 Å². The molecular formula is C15H17N6O3+. The van der Waals surface area contributed by atoms with E-state index < -0.39 is 5.97 Å². The summed E-state index contributed by atoms with van der Waals surface area (Å²) in [5.74, 6) is -0.120. The van der Waals surface area contributed by atoms with E-state index in [4.69, 9.17) is 21.3 Å². The number of aliphatic imine (C=N–C) groups is 2. The minimum absolute atomic E-state index is 0.0550. The Morgan fingerprint density at radius 3 is 2.71 bits per heavy atom. The number of benzene rings is 1. The first-order chi connectivity index (χ1) is 11.5. The first-order valence-corrected chi connectivity index (χ1v) is 6.85. The standard InChI is InChI=1S/C15H16N6O3/c1-24-11-6-5-9(13(22)23)8-10(11)19-14(16)21-15(17)20-12-4-2-3-7-18-12/h2-8H,1H3,(H,22,23)(H5,16,17,18,19,20,21)/p+1. The van der Waals surface area contributed by atoms with E-state index >= 15 is 0 Å². The molecule has 1 heterocycles. The monoisotopic (exact) mass is 329 g/mol. The molecule has 7 N–H and O–H groups in total. The van der Waals surface area contributed by atoms with Crippen molar-refractivity contribution < 1.29 is 20.0 Å². The maximum Gasteiger partial charge on any atom is 0.335 e. The van der Waals surface area contributed by atoms with Gasteiger partial charge in [0, 0.05) is 12.3 Å². The van der Waals surface area contributed by atoms with E-state index in [1.54, 1.807) is 18.3 Å². The number of guanidine groups is 2. The second-order valence-corrected chi connectivity index (χ2v) is 4.60. The van der Waals surface area contributed by atoms with Crippen LogP contribution in [0.1, 0.15) is 10.4 Å². The predicted molar refractivity (Wildman–Crippen MR) is 88.7 cm³/mol. The fourth-order valence-electron chi connectivity index (χ4n) is 1.84. The summed E-state index contributed by atoms with van der Waals surface area (Å²) < 4.78 is 5.13. The van der Waals surface area contributed by atoms with Crippen LogP contribution in [0, 0.1) is 0 Å². The van der Waals surface area contributed by atoms with Gasteiger partial charge in [-0.05, 0) is 24.3 Å². The predicted octanol–water partition coefficient (Wildman–Crippen LogP) is -0.0556. The number of nitrogens with zero attached hydrogens (tertiary/aromatic N) is 3. The van der Waals surface area contributed by atoms with Crippen LogP contribution < -0.4 is 21.5 Å². The summed E-state index contributed by atoms with van der Waals surface area (Å²) in [6, 6.07) is 9.58. The Kier molecular flexibility index (Phi) is 5.42. The van der Waals surface area contributed by atoms with Crippen molar-refractivity contribution in [3.8, 4) is 5.75 Å². The Balaban J connectivity index is 2.24. The van der Waals surface area contributed by atoms with Crippen LogP contribution in [-0.4, -0.2) is 35.1 Å². The van der Waals surface area contributed by atoms with Gasteiger partial charge in [0.25, 0.3) is 0 Å². The second-order valence-electron chi connectivity index (χ2n) is 4.60.